The van der Waals surface area contributed by atoms with Crippen LogP contribution in [0.2, 0.25) is 0 Å². The van der Waals surface area contributed by atoms with Crippen LogP contribution in [0.1, 0.15) is 17.8 Å². The number of aryl methyl sites for hydroxylation is 1. The van der Waals surface area contributed by atoms with Gasteiger partial charge >= 0.3 is 0 Å². The van der Waals surface area contributed by atoms with Crippen LogP contribution in [0.15, 0.2) is 54.6 Å². The van der Waals surface area contributed by atoms with Crippen molar-refractivity contribution in [1.29, 1.82) is 0 Å². The van der Waals surface area contributed by atoms with Crippen LogP contribution in [0.25, 0.3) is 10.2 Å². The summed E-state index contributed by atoms with van der Waals surface area (Å²) >= 11 is 1.69. The van der Waals surface area contributed by atoms with Crippen molar-refractivity contribution in [1.82, 2.24) is 9.88 Å². The fraction of sp³-hybridized carbons (Fsp3) is 0.364. The molecule has 1 fully saturated rings. The van der Waals surface area contributed by atoms with Crippen LogP contribution in [0.5, 0.6) is 0 Å². The maximum Gasteiger partial charge on any atom is 0.222 e. The van der Waals surface area contributed by atoms with Crippen LogP contribution in [0, 0.1) is 5.92 Å². The van der Waals surface area contributed by atoms with Crippen LogP contribution in [0.3, 0.4) is 0 Å². The summed E-state index contributed by atoms with van der Waals surface area (Å²) in [5.74, 6) is 0.758. The highest BCUT2D eigenvalue weighted by Gasteiger charge is 2.25. The van der Waals surface area contributed by atoms with Gasteiger partial charge in [-0.1, -0.05) is 30.3 Å². The molecule has 1 unspecified atom stereocenters. The van der Waals surface area contributed by atoms with Gasteiger partial charge in [0.05, 0.1) is 15.2 Å². The average molecular weight is 380 g/mol. The highest BCUT2D eigenvalue weighted by atomic mass is 32.1. The van der Waals surface area contributed by atoms with Crippen LogP contribution < -0.4 is 4.90 Å². The zero-order valence-corrected chi connectivity index (χ0v) is 16.5. The van der Waals surface area contributed by atoms with Gasteiger partial charge in [-0.25, -0.2) is 4.98 Å². The molecule has 1 amide bonds. The van der Waals surface area contributed by atoms with Crippen LogP contribution in [0.4, 0.5) is 5.69 Å². The first kappa shape index (κ1) is 18.0. The highest BCUT2D eigenvalue weighted by molar-refractivity contribution is 7.18. The van der Waals surface area contributed by atoms with Gasteiger partial charge in [0.1, 0.15) is 0 Å². The molecule has 140 valence electrons. The number of amides is 1. The number of anilines is 1. The van der Waals surface area contributed by atoms with Crippen LogP contribution in [-0.2, 0) is 11.2 Å². The van der Waals surface area contributed by atoms with Gasteiger partial charge in [-0.05, 0) is 36.6 Å². The number of hydrogen-bond acceptors (Lipinski definition) is 4. The standard InChI is InChI=1S/C22H25N3OS/c1-24(15-17-13-14-25(16-17)18-7-3-2-4-8-18)22(26)12-11-21-23-19-9-5-6-10-20(19)27-21/h2-10,17H,11-16H2,1H3. The minimum Gasteiger partial charge on any atom is -0.371 e. The van der Waals surface area contributed by atoms with E-state index in [9.17, 15) is 4.79 Å². The van der Waals surface area contributed by atoms with E-state index in [2.05, 4.69) is 46.3 Å². The Hall–Kier alpha value is -2.40. The highest BCUT2D eigenvalue weighted by Crippen LogP contribution is 2.25. The van der Waals surface area contributed by atoms with Crippen molar-refractivity contribution in [2.45, 2.75) is 19.3 Å². The Labute approximate surface area is 164 Å². The van der Waals surface area contributed by atoms with Gasteiger partial charge in [0, 0.05) is 45.2 Å². The van der Waals surface area contributed by atoms with Crippen molar-refractivity contribution in [3.05, 3.63) is 59.6 Å². The number of thiazole rings is 1. The second kappa shape index (κ2) is 8.09. The molecule has 1 aromatic heterocycles. The molecule has 5 heteroatoms. The molecule has 4 rings (SSSR count). The third kappa shape index (κ3) is 4.30. The third-order valence-corrected chi connectivity index (χ3v) is 6.35. The number of aromatic nitrogens is 1. The van der Waals surface area contributed by atoms with E-state index in [1.54, 1.807) is 11.3 Å². The van der Waals surface area contributed by atoms with E-state index >= 15 is 0 Å². The van der Waals surface area contributed by atoms with E-state index in [0.717, 1.165) is 43.0 Å². The topological polar surface area (TPSA) is 36.4 Å². The smallest absolute Gasteiger partial charge is 0.222 e. The molecule has 1 saturated heterocycles. The summed E-state index contributed by atoms with van der Waals surface area (Å²) in [4.78, 5) is 21.5. The van der Waals surface area contributed by atoms with Gasteiger partial charge in [-0.2, -0.15) is 0 Å². The lowest BCUT2D eigenvalue weighted by Gasteiger charge is -2.22. The normalized spacial score (nSPS) is 16.8. The van der Waals surface area contributed by atoms with Gasteiger partial charge in [0.2, 0.25) is 5.91 Å². The van der Waals surface area contributed by atoms with Crippen molar-refractivity contribution in [2.24, 2.45) is 5.92 Å². The molecule has 2 aromatic carbocycles. The molecule has 1 aliphatic rings. The summed E-state index contributed by atoms with van der Waals surface area (Å²) in [5.41, 5.74) is 2.31. The van der Waals surface area contributed by atoms with E-state index in [1.807, 2.05) is 30.1 Å². The zero-order chi connectivity index (χ0) is 18.6. The number of para-hydroxylation sites is 2. The zero-order valence-electron chi connectivity index (χ0n) is 15.7. The van der Waals surface area contributed by atoms with E-state index in [-0.39, 0.29) is 5.91 Å². The number of carbonyl (C=O) groups is 1. The van der Waals surface area contributed by atoms with Gasteiger partial charge in [0.15, 0.2) is 0 Å². The van der Waals surface area contributed by atoms with E-state index in [1.165, 1.54) is 10.4 Å². The summed E-state index contributed by atoms with van der Waals surface area (Å²) in [6.07, 6.45) is 2.40. The lowest BCUT2D eigenvalue weighted by Crippen LogP contribution is -2.33. The molecule has 1 aliphatic heterocycles. The Kier molecular flexibility index (Phi) is 5.39. The van der Waals surface area contributed by atoms with Crippen molar-refractivity contribution in [2.75, 3.05) is 31.6 Å². The predicted molar refractivity (Wildman–Crippen MR) is 112 cm³/mol. The van der Waals surface area contributed by atoms with Gasteiger partial charge in [-0.15, -0.1) is 11.3 Å². The predicted octanol–water partition coefficient (Wildman–Crippen LogP) is 4.21. The minimum atomic E-state index is 0.215. The quantitative estimate of drug-likeness (QED) is 0.644. The van der Waals surface area contributed by atoms with Crippen molar-refractivity contribution < 1.29 is 4.79 Å². The average Bonchev–Trinajstić information content (AvgIpc) is 3.33. The van der Waals surface area contributed by atoms with E-state index in [0.29, 0.717) is 12.3 Å². The third-order valence-electron chi connectivity index (χ3n) is 5.26. The fourth-order valence-electron chi connectivity index (χ4n) is 3.78. The second-order valence-electron chi connectivity index (χ2n) is 7.29. The molecular weight excluding hydrogens is 354 g/mol. The van der Waals surface area contributed by atoms with Crippen molar-refractivity contribution >= 4 is 33.1 Å². The van der Waals surface area contributed by atoms with Crippen LogP contribution >= 0.6 is 11.3 Å². The summed E-state index contributed by atoms with van der Waals surface area (Å²) in [5, 5.41) is 1.05. The Morgan fingerprint density at radius 2 is 1.96 bits per heavy atom. The summed E-state index contributed by atoms with van der Waals surface area (Å²) in [6, 6.07) is 18.7. The van der Waals surface area contributed by atoms with Crippen molar-refractivity contribution in [3.8, 4) is 0 Å². The molecule has 0 spiro atoms. The maximum absolute atomic E-state index is 12.6. The molecule has 4 nitrogen and oxygen atoms in total. The van der Waals surface area contributed by atoms with Crippen molar-refractivity contribution in [3.63, 3.8) is 0 Å². The number of benzene rings is 2. The molecule has 27 heavy (non-hydrogen) atoms. The molecule has 1 atom stereocenters. The summed E-state index contributed by atoms with van der Waals surface area (Å²) in [7, 11) is 1.94. The Morgan fingerprint density at radius 1 is 1.19 bits per heavy atom. The number of fused-ring (bicyclic) bond motifs is 1. The maximum atomic E-state index is 12.6. The molecule has 0 saturated carbocycles. The summed E-state index contributed by atoms with van der Waals surface area (Å²) in [6.45, 7) is 2.93. The van der Waals surface area contributed by atoms with Gasteiger partial charge < -0.3 is 9.80 Å². The SMILES string of the molecule is CN(CC1CCN(c2ccccc2)C1)C(=O)CCc1nc2ccccc2s1. The first-order chi connectivity index (χ1) is 13.2. The number of hydrogen-bond donors (Lipinski definition) is 0. The van der Waals surface area contributed by atoms with E-state index in [4.69, 9.17) is 0 Å². The first-order valence-corrected chi connectivity index (χ1v) is 10.4. The first-order valence-electron chi connectivity index (χ1n) is 9.57. The minimum absolute atomic E-state index is 0.215. The van der Waals surface area contributed by atoms with E-state index < -0.39 is 0 Å². The Balaban J connectivity index is 1.27. The largest absolute Gasteiger partial charge is 0.371 e. The number of carbonyl (C=O) groups excluding carboxylic acids is 1. The second-order valence-corrected chi connectivity index (χ2v) is 8.40. The number of nitrogens with zero attached hydrogens (tertiary/aromatic N) is 3. The lowest BCUT2D eigenvalue weighted by molar-refractivity contribution is -0.130. The molecule has 3 aromatic rings. The summed E-state index contributed by atoms with van der Waals surface area (Å²) < 4.78 is 1.19. The Bertz CT molecular complexity index is 875. The molecule has 0 N–H and O–H groups in total. The number of rotatable bonds is 6. The molecule has 2 heterocycles. The molecule has 0 aliphatic carbocycles. The van der Waals surface area contributed by atoms with Gasteiger partial charge in [-0.3, -0.25) is 4.79 Å². The monoisotopic (exact) mass is 379 g/mol. The molecular formula is C22H25N3OS. The fourth-order valence-corrected chi connectivity index (χ4v) is 4.74. The molecule has 0 radical (unpaired) electrons. The Morgan fingerprint density at radius 3 is 2.78 bits per heavy atom. The van der Waals surface area contributed by atoms with Gasteiger partial charge in [0.25, 0.3) is 0 Å². The van der Waals surface area contributed by atoms with Crippen LogP contribution in [-0.4, -0.2) is 42.5 Å². The molecule has 0 bridgehead atoms. The lowest BCUT2D eigenvalue weighted by atomic mass is 10.1.